The lowest BCUT2D eigenvalue weighted by molar-refractivity contribution is 0.369. The zero-order valence-corrected chi connectivity index (χ0v) is 21.6. The smallest absolute Gasteiger partial charge is 0.329 e. The van der Waals surface area contributed by atoms with E-state index in [1.54, 1.807) is 12.1 Å². The minimum Gasteiger partial charge on any atom is -0.507 e. The molecule has 0 fully saturated rings. The van der Waals surface area contributed by atoms with Gasteiger partial charge in [0.2, 0.25) is 0 Å². The van der Waals surface area contributed by atoms with Gasteiger partial charge in [0.05, 0.1) is 12.3 Å². The van der Waals surface area contributed by atoms with Gasteiger partial charge < -0.3 is 29.8 Å². The molecule has 0 heterocycles. The van der Waals surface area contributed by atoms with E-state index in [-0.39, 0.29) is 17.9 Å². The molecule has 0 atom stereocenters. The van der Waals surface area contributed by atoms with Gasteiger partial charge in [0, 0.05) is 6.42 Å². The van der Waals surface area contributed by atoms with Crippen molar-refractivity contribution in [2.45, 2.75) is 71.1 Å². The van der Waals surface area contributed by atoms with E-state index in [9.17, 15) is 38.9 Å². The Bertz CT molecular complexity index is 1040. The van der Waals surface area contributed by atoms with E-state index in [0.717, 1.165) is 0 Å². The summed E-state index contributed by atoms with van der Waals surface area (Å²) in [5.74, 6) is -0.0943. The van der Waals surface area contributed by atoms with E-state index in [1.807, 2.05) is 41.5 Å². The summed E-state index contributed by atoms with van der Waals surface area (Å²) in [6.45, 7) is 11.2. The van der Waals surface area contributed by atoms with Crippen LogP contribution in [0.1, 0.15) is 74.9 Å². The zero-order chi connectivity index (χ0) is 25.6. The summed E-state index contributed by atoms with van der Waals surface area (Å²) < 4.78 is 23.2. The maximum atomic E-state index is 11.6. The molecule has 0 radical (unpaired) electrons. The fraction of sp³-hybridized carbons (Fsp3) is 0.478. The van der Waals surface area contributed by atoms with E-state index in [2.05, 4.69) is 0 Å². The van der Waals surface area contributed by atoms with Crippen LogP contribution >= 0.6 is 15.2 Å². The van der Waals surface area contributed by atoms with Crippen molar-refractivity contribution in [3.8, 4) is 11.5 Å². The first-order chi connectivity index (χ1) is 14.7. The van der Waals surface area contributed by atoms with Crippen molar-refractivity contribution in [2.24, 2.45) is 0 Å². The van der Waals surface area contributed by atoms with Gasteiger partial charge in [-0.3, -0.25) is 9.13 Å². The van der Waals surface area contributed by atoms with Crippen molar-refractivity contribution >= 4 is 15.2 Å². The first-order valence-corrected chi connectivity index (χ1v) is 14.1. The number of benzene rings is 2. The van der Waals surface area contributed by atoms with Gasteiger partial charge in [-0.05, 0) is 44.2 Å². The largest absolute Gasteiger partial charge is 0.507 e. The minimum atomic E-state index is -4.37. The van der Waals surface area contributed by atoms with Gasteiger partial charge in [0.1, 0.15) is 11.5 Å². The highest BCUT2D eigenvalue weighted by Gasteiger charge is 2.27. The number of hydrogen-bond donors (Lipinski definition) is 6. The molecule has 0 bridgehead atoms. The van der Waals surface area contributed by atoms with E-state index < -0.39 is 38.3 Å². The fourth-order valence-electron chi connectivity index (χ4n) is 3.80. The Balaban J connectivity index is 2.72. The van der Waals surface area contributed by atoms with Crippen LogP contribution in [0, 0.1) is 0 Å². The second-order valence-corrected chi connectivity index (χ2v) is 13.9. The van der Waals surface area contributed by atoms with Crippen molar-refractivity contribution in [3.05, 3.63) is 57.6 Å². The fourth-order valence-corrected chi connectivity index (χ4v) is 5.11. The molecule has 0 aliphatic heterocycles. The molecular formula is C23H34O8P2. The quantitative estimate of drug-likeness (QED) is 0.314. The van der Waals surface area contributed by atoms with Crippen LogP contribution in [0.5, 0.6) is 11.5 Å². The maximum Gasteiger partial charge on any atom is 0.329 e. The average molecular weight is 500 g/mol. The third-order valence-electron chi connectivity index (χ3n) is 5.27. The summed E-state index contributed by atoms with van der Waals surface area (Å²) in [4.78, 5) is 37.9. The number of aromatic hydroxyl groups is 2. The molecule has 0 saturated carbocycles. The van der Waals surface area contributed by atoms with Crippen molar-refractivity contribution < 1.29 is 38.9 Å². The first kappa shape index (κ1) is 27.6. The summed E-state index contributed by atoms with van der Waals surface area (Å²) in [5, 5.41) is 22.0. The lowest BCUT2D eigenvalue weighted by Crippen LogP contribution is -2.14. The van der Waals surface area contributed by atoms with Crippen molar-refractivity contribution in [3.63, 3.8) is 0 Å². The van der Waals surface area contributed by atoms with Gasteiger partial charge in [-0.2, -0.15) is 0 Å². The third-order valence-corrected chi connectivity index (χ3v) is 6.83. The Kier molecular flexibility index (Phi) is 7.67. The minimum absolute atomic E-state index is 0.00776. The van der Waals surface area contributed by atoms with Gasteiger partial charge in [-0.1, -0.05) is 65.8 Å². The summed E-state index contributed by atoms with van der Waals surface area (Å²) in [6.07, 6.45) is -0.991. The second kappa shape index (κ2) is 9.18. The molecule has 184 valence electrons. The lowest BCUT2D eigenvalue weighted by Gasteiger charge is -2.25. The van der Waals surface area contributed by atoms with Crippen LogP contribution in [0.2, 0.25) is 0 Å². The van der Waals surface area contributed by atoms with E-state index in [4.69, 9.17) is 0 Å². The monoisotopic (exact) mass is 500 g/mol. The maximum absolute atomic E-state index is 11.6. The molecule has 2 aromatic carbocycles. The van der Waals surface area contributed by atoms with E-state index in [0.29, 0.717) is 33.4 Å². The van der Waals surface area contributed by atoms with Gasteiger partial charge in [0.25, 0.3) is 0 Å². The van der Waals surface area contributed by atoms with Crippen LogP contribution < -0.4 is 0 Å². The van der Waals surface area contributed by atoms with Crippen molar-refractivity contribution in [2.75, 3.05) is 0 Å². The second-order valence-electron chi connectivity index (χ2n) is 10.6. The van der Waals surface area contributed by atoms with Crippen molar-refractivity contribution in [1.82, 2.24) is 0 Å². The molecule has 8 nitrogen and oxygen atoms in total. The van der Waals surface area contributed by atoms with Crippen molar-refractivity contribution in [1.29, 1.82) is 0 Å². The van der Waals surface area contributed by atoms with Crippen LogP contribution in [0.3, 0.4) is 0 Å². The molecule has 0 aliphatic rings. The van der Waals surface area contributed by atoms with Gasteiger partial charge in [-0.25, -0.2) is 0 Å². The van der Waals surface area contributed by atoms with Crippen LogP contribution in [-0.4, -0.2) is 29.8 Å². The number of phenolic OH excluding ortho intramolecular Hbond substituents is 2. The Morgan fingerprint density at radius 1 is 0.636 bits per heavy atom. The molecule has 6 N–H and O–H groups in total. The first-order valence-electron chi connectivity index (χ1n) is 10.5. The number of hydrogen-bond acceptors (Lipinski definition) is 4. The molecule has 0 saturated heterocycles. The van der Waals surface area contributed by atoms with Gasteiger partial charge in [-0.15, -0.1) is 0 Å². The predicted octanol–water partition coefficient (Wildman–Crippen LogP) is 4.64. The Hall–Kier alpha value is -1.66. The molecule has 0 amide bonds. The van der Waals surface area contributed by atoms with E-state index in [1.165, 1.54) is 12.1 Å². The van der Waals surface area contributed by atoms with Gasteiger partial charge in [0.15, 0.2) is 0 Å². The highest BCUT2D eigenvalue weighted by molar-refractivity contribution is 7.51. The molecule has 33 heavy (non-hydrogen) atoms. The molecule has 2 rings (SSSR count). The predicted molar refractivity (Wildman–Crippen MR) is 128 cm³/mol. The zero-order valence-electron chi connectivity index (χ0n) is 19.8. The highest BCUT2D eigenvalue weighted by atomic mass is 31.2. The average Bonchev–Trinajstić information content (AvgIpc) is 2.55. The Morgan fingerprint density at radius 3 is 1.18 bits per heavy atom. The lowest BCUT2D eigenvalue weighted by atomic mass is 9.81. The summed E-state index contributed by atoms with van der Waals surface area (Å²) in [5.41, 5.74) is 1.38. The van der Waals surface area contributed by atoms with Crippen LogP contribution in [-0.2, 0) is 38.7 Å². The van der Waals surface area contributed by atoms with Crippen LogP contribution in [0.4, 0.5) is 0 Å². The van der Waals surface area contributed by atoms with E-state index >= 15 is 0 Å². The normalized spacial score (nSPS) is 13.4. The Labute approximate surface area is 194 Å². The molecule has 0 aliphatic carbocycles. The number of rotatable bonds is 6. The summed E-state index contributed by atoms with van der Waals surface area (Å²) >= 11 is 0. The van der Waals surface area contributed by atoms with Crippen LogP contribution in [0.25, 0.3) is 0 Å². The SMILES string of the molecule is CC(C)(C)c1cc(CP(=O)(O)O)cc(Cc2cc(CP(=O)(O)O)cc(C(C)(C)C)c2O)c1O. The van der Waals surface area contributed by atoms with Crippen LogP contribution in [0.15, 0.2) is 24.3 Å². The topological polar surface area (TPSA) is 156 Å². The summed E-state index contributed by atoms with van der Waals surface area (Å²) in [7, 11) is -8.73. The standard InChI is InChI=1S/C23H34O8P2/c1-22(2,3)18-9-14(12-32(26,27)28)7-16(20(18)24)11-17-8-15(13-33(29,30)31)10-19(21(17)25)23(4,5)6/h7-10,24-25H,11-13H2,1-6H3,(H2,26,27,28)(H2,29,30,31). The molecule has 0 aromatic heterocycles. The Morgan fingerprint density at radius 2 is 0.939 bits per heavy atom. The molecule has 0 unspecified atom stereocenters. The molecule has 0 spiro atoms. The van der Waals surface area contributed by atoms with Gasteiger partial charge >= 0.3 is 15.2 Å². The number of phenols is 2. The molecule has 10 heteroatoms. The highest BCUT2D eigenvalue weighted by Crippen LogP contribution is 2.45. The summed E-state index contributed by atoms with van der Waals surface area (Å²) in [6, 6.07) is 6.14. The molecule has 2 aromatic rings. The third kappa shape index (κ3) is 7.68. The molecular weight excluding hydrogens is 466 g/mol.